The third kappa shape index (κ3) is 5.57. The van der Waals surface area contributed by atoms with E-state index in [0.29, 0.717) is 30.2 Å². The lowest BCUT2D eigenvalue weighted by Gasteiger charge is -2.11. The summed E-state index contributed by atoms with van der Waals surface area (Å²) in [6.07, 6.45) is 0.903. The van der Waals surface area contributed by atoms with Crippen LogP contribution in [0.4, 0.5) is 0 Å². The first-order valence-electron chi connectivity index (χ1n) is 5.82. The Morgan fingerprint density at radius 3 is 2.72 bits per heavy atom. The van der Waals surface area contributed by atoms with E-state index in [2.05, 4.69) is 15.9 Å². The summed E-state index contributed by atoms with van der Waals surface area (Å²) in [5, 5.41) is 1.39. The molecule has 0 radical (unpaired) electrons. The van der Waals surface area contributed by atoms with E-state index < -0.39 is 0 Å². The lowest BCUT2D eigenvalue weighted by molar-refractivity contribution is 0.0805. The maximum Gasteiger partial charge on any atom is 0.124 e. The van der Waals surface area contributed by atoms with Crippen molar-refractivity contribution in [2.45, 2.75) is 11.8 Å². The van der Waals surface area contributed by atoms with E-state index in [4.69, 9.17) is 25.8 Å². The lowest BCUT2D eigenvalue weighted by Crippen LogP contribution is -2.09. The highest BCUT2D eigenvalue weighted by atomic mass is 79.9. The average molecular weight is 338 g/mol. The second-order valence-electron chi connectivity index (χ2n) is 3.66. The Balaban J connectivity index is 2.25. The van der Waals surface area contributed by atoms with Crippen LogP contribution in [0.5, 0.6) is 5.75 Å². The third-order valence-corrected chi connectivity index (χ3v) is 3.25. The second-order valence-corrected chi connectivity index (χ2v) is 4.63. The average Bonchev–Trinajstić information content (AvgIpc) is 2.38. The van der Waals surface area contributed by atoms with Gasteiger partial charge in [0.05, 0.1) is 6.61 Å². The van der Waals surface area contributed by atoms with Crippen LogP contribution < -0.4 is 4.74 Å². The van der Waals surface area contributed by atoms with Crippen LogP contribution in [0.1, 0.15) is 12.0 Å². The van der Waals surface area contributed by atoms with Crippen molar-refractivity contribution < 1.29 is 14.2 Å². The molecule has 0 aliphatic rings. The Morgan fingerprint density at radius 1 is 1.17 bits per heavy atom. The van der Waals surface area contributed by atoms with Crippen molar-refractivity contribution in [1.82, 2.24) is 0 Å². The van der Waals surface area contributed by atoms with Gasteiger partial charge in [-0.25, -0.2) is 0 Å². The van der Waals surface area contributed by atoms with Crippen molar-refractivity contribution in [3.8, 4) is 5.75 Å². The van der Waals surface area contributed by atoms with Gasteiger partial charge < -0.3 is 14.2 Å². The first kappa shape index (κ1) is 15.8. The Morgan fingerprint density at radius 2 is 2.00 bits per heavy atom. The molecule has 1 rings (SSSR count). The number of methoxy groups -OCH3 is 1. The topological polar surface area (TPSA) is 27.7 Å². The van der Waals surface area contributed by atoms with Gasteiger partial charge in [0.15, 0.2) is 0 Å². The first-order chi connectivity index (χ1) is 8.79. The molecule has 18 heavy (non-hydrogen) atoms. The molecule has 0 heterocycles. The summed E-state index contributed by atoms with van der Waals surface area (Å²) in [4.78, 5) is 0. The molecule has 1 aromatic carbocycles. The minimum absolute atomic E-state index is 0.521. The molecule has 0 unspecified atom stereocenters. The van der Waals surface area contributed by atoms with Crippen molar-refractivity contribution in [2.24, 2.45) is 0 Å². The summed E-state index contributed by atoms with van der Waals surface area (Å²) < 4.78 is 16.0. The van der Waals surface area contributed by atoms with E-state index in [1.54, 1.807) is 7.11 Å². The lowest BCUT2D eigenvalue weighted by atomic mass is 10.2. The molecule has 0 saturated carbocycles. The van der Waals surface area contributed by atoms with Crippen molar-refractivity contribution in [2.75, 3.05) is 33.5 Å². The zero-order chi connectivity index (χ0) is 13.2. The molecule has 0 N–H and O–H groups in total. The maximum atomic E-state index is 6.07. The molecule has 0 atom stereocenters. The summed E-state index contributed by atoms with van der Waals surface area (Å²) >= 11 is 9.47. The molecular formula is C13H18BrClO3. The molecule has 0 amide bonds. The van der Waals surface area contributed by atoms with E-state index in [0.717, 1.165) is 24.3 Å². The van der Waals surface area contributed by atoms with Gasteiger partial charge in [0, 0.05) is 36.2 Å². The fraction of sp³-hybridized carbons (Fsp3) is 0.538. The number of hydrogen-bond acceptors (Lipinski definition) is 3. The Bertz CT molecular complexity index is 347. The van der Waals surface area contributed by atoms with Crippen LogP contribution in [-0.2, 0) is 14.8 Å². The van der Waals surface area contributed by atoms with Crippen LogP contribution in [0.15, 0.2) is 18.2 Å². The number of hydrogen-bond donors (Lipinski definition) is 0. The summed E-state index contributed by atoms with van der Waals surface area (Å²) in [6, 6.07) is 5.64. The van der Waals surface area contributed by atoms with Gasteiger partial charge >= 0.3 is 0 Å². The van der Waals surface area contributed by atoms with Gasteiger partial charge in [0.1, 0.15) is 12.4 Å². The number of alkyl halides is 1. The molecule has 3 nitrogen and oxygen atoms in total. The summed E-state index contributed by atoms with van der Waals surface area (Å²) in [6.45, 7) is 2.51. The molecule has 0 fully saturated rings. The van der Waals surface area contributed by atoms with Crippen LogP contribution in [0.2, 0.25) is 5.02 Å². The van der Waals surface area contributed by atoms with Crippen molar-refractivity contribution in [3.05, 3.63) is 28.8 Å². The van der Waals surface area contributed by atoms with E-state index in [1.807, 2.05) is 18.2 Å². The zero-order valence-electron chi connectivity index (χ0n) is 10.5. The van der Waals surface area contributed by atoms with E-state index >= 15 is 0 Å². The van der Waals surface area contributed by atoms with E-state index in [1.165, 1.54) is 0 Å². The van der Waals surface area contributed by atoms with E-state index in [-0.39, 0.29) is 0 Å². The molecule has 1 aromatic rings. The van der Waals surface area contributed by atoms with Crippen molar-refractivity contribution in [3.63, 3.8) is 0 Å². The molecule has 0 saturated heterocycles. The molecule has 0 aromatic heterocycles. The van der Waals surface area contributed by atoms with Gasteiger partial charge in [-0.3, -0.25) is 0 Å². The maximum absolute atomic E-state index is 6.07. The third-order valence-electron chi connectivity index (χ3n) is 2.33. The first-order valence-corrected chi connectivity index (χ1v) is 7.32. The predicted molar refractivity (Wildman–Crippen MR) is 76.9 cm³/mol. The van der Waals surface area contributed by atoms with Gasteiger partial charge in [0.25, 0.3) is 0 Å². The molecule has 0 bridgehead atoms. The standard InChI is InChI=1S/C13H18BrClO3/c1-16-6-3-7-17-8-9-18-13-5-2-4-12(15)11(13)10-14/h2,4-5H,3,6-10H2,1H3. The second kappa shape index (κ2) is 9.62. The number of rotatable bonds is 9. The Hall–Kier alpha value is -0.290. The van der Waals surface area contributed by atoms with Gasteiger partial charge in [-0.05, 0) is 18.6 Å². The highest BCUT2D eigenvalue weighted by Gasteiger charge is 2.06. The number of halogens is 2. The van der Waals surface area contributed by atoms with Crippen LogP contribution in [0.3, 0.4) is 0 Å². The SMILES string of the molecule is COCCCOCCOc1cccc(Cl)c1CBr. The Labute approximate surface area is 121 Å². The summed E-state index contributed by atoms with van der Waals surface area (Å²) in [7, 11) is 1.68. The molecule has 0 aliphatic heterocycles. The minimum atomic E-state index is 0.521. The normalized spacial score (nSPS) is 10.6. The Kier molecular flexibility index (Phi) is 8.42. The minimum Gasteiger partial charge on any atom is -0.491 e. The largest absolute Gasteiger partial charge is 0.491 e. The van der Waals surface area contributed by atoms with Crippen molar-refractivity contribution in [1.29, 1.82) is 0 Å². The molecular weight excluding hydrogens is 319 g/mol. The van der Waals surface area contributed by atoms with Gasteiger partial charge in [-0.15, -0.1) is 0 Å². The van der Waals surface area contributed by atoms with Crippen LogP contribution in [0, 0.1) is 0 Å². The number of benzene rings is 1. The van der Waals surface area contributed by atoms with Crippen molar-refractivity contribution >= 4 is 27.5 Å². The highest BCUT2D eigenvalue weighted by Crippen LogP contribution is 2.28. The van der Waals surface area contributed by atoms with Gasteiger partial charge in [0.2, 0.25) is 0 Å². The smallest absolute Gasteiger partial charge is 0.124 e. The van der Waals surface area contributed by atoms with Crippen LogP contribution >= 0.6 is 27.5 Å². The molecule has 102 valence electrons. The van der Waals surface area contributed by atoms with Crippen LogP contribution in [0.25, 0.3) is 0 Å². The monoisotopic (exact) mass is 336 g/mol. The summed E-state index contributed by atoms with van der Waals surface area (Å²) in [5.41, 5.74) is 0.971. The van der Waals surface area contributed by atoms with Gasteiger partial charge in [-0.2, -0.15) is 0 Å². The number of ether oxygens (including phenoxy) is 3. The van der Waals surface area contributed by atoms with Gasteiger partial charge in [-0.1, -0.05) is 33.6 Å². The summed E-state index contributed by atoms with van der Waals surface area (Å²) in [5.74, 6) is 0.805. The molecule has 0 spiro atoms. The quantitative estimate of drug-likeness (QED) is 0.508. The van der Waals surface area contributed by atoms with E-state index in [9.17, 15) is 0 Å². The zero-order valence-corrected chi connectivity index (χ0v) is 12.8. The fourth-order valence-electron chi connectivity index (χ4n) is 1.42. The molecule has 5 heteroatoms. The van der Waals surface area contributed by atoms with Crippen LogP contribution in [-0.4, -0.2) is 33.5 Å². The highest BCUT2D eigenvalue weighted by molar-refractivity contribution is 9.08. The predicted octanol–water partition coefficient (Wildman–Crippen LogP) is 3.67. The fourth-order valence-corrected chi connectivity index (χ4v) is 2.39. The molecule has 0 aliphatic carbocycles.